The number of esters is 1. The summed E-state index contributed by atoms with van der Waals surface area (Å²) in [5.41, 5.74) is 2.16. The molecule has 0 bridgehead atoms. The van der Waals surface area contributed by atoms with Gasteiger partial charge in [0, 0.05) is 17.0 Å². The number of ether oxygens (including phenoxy) is 1. The zero-order valence-electron chi connectivity index (χ0n) is 14.9. The molecule has 134 valence electrons. The fraction of sp³-hybridized carbons (Fsp3) is 0.0833. The van der Waals surface area contributed by atoms with Crippen LogP contribution >= 0.6 is 0 Å². The number of benzene rings is 3. The molecule has 1 unspecified atom stereocenters. The first-order valence-corrected chi connectivity index (χ1v) is 8.74. The van der Waals surface area contributed by atoms with Crippen LogP contribution in [0.5, 0.6) is 0 Å². The maximum Gasteiger partial charge on any atom is 0.338 e. The largest absolute Gasteiger partial charge is 0.461 e. The van der Waals surface area contributed by atoms with E-state index in [1.165, 1.54) is 0 Å². The molecule has 0 aliphatic rings. The second-order valence-corrected chi connectivity index (χ2v) is 6.09. The van der Waals surface area contributed by atoms with Crippen molar-refractivity contribution in [2.45, 2.75) is 5.92 Å². The fourth-order valence-corrected chi connectivity index (χ4v) is 2.85. The number of ketones is 1. The minimum absolute atomic E-state index is 0.105. The van der Waals surface area contributed by atoms with Crippen LogP contribution in [0.25, 0.3) is 0 Å². The van der Waals surface area contributed by atoms with Crippen LogP contribution in [0.2, 0.25) is 0 Å². The summed E-state index contributed by atoms with van der Waals surface area (Å²) in [6, 6.07) is 25.3. The molecule has 27 heavy (non-hydrogen) atoms. The van der Waals surface area contributed by atoms with Crippen molar-refractivity contribution in [2.75, 3.05) is 6.61 Å². The molecule has 3 aromatic rings. The summed E-state index contributed by atoms with van der Waals surface area (Å²) in [6.07, 6.45) is 1.75. The maximum atomic E-state index is 12.8. The van der Waals surface area contributed by atoms with Crippen molar-refractivity contribution in [3.05, 3.63) is 120 Å². The number of rotatable bonds is 7. The zero-order valence-corrected chi connectivity index (χ0v) is 14.9. The second-order valence-electron chi connectivity index (χ2n) is 6.09. The fourth-order valence-electron chi connectivity index (χ4n) is 2.85. The molecule has 0 aliphatic carbocycles. The first-order valence-electron chi connectivity index (χ1n) is 8.74. The molecular weight excluding hydrogens is 336 g/mol. The Hall–Kier alpha value is -3.46. The van der Waals surface area contributed by atoms with Gasteiger partial charge < -0.3 is 4.74 Å². The van der Waals surface area contributed by atoms with Crippen LogP contribution in [0.4, 0.5) is 0 Å². The molecule has 0 N–H and O–H groups in total. The summed E-state index contributed by atoms with van der Waals surface area (Å²) in [5, 5.41) is 0. The minimum atomic E-state index is -0.516. The zero-order chi connectivity index (χ0) is 19.1. The van der Waals surface area contributed by atoms with Crippen LogP contribution in [-0.4, -0.2) is 18.4 Å². The van der Waals surface area contributed by atoms with Gasteiger partial charge in [-0.15, -0.1) is 6.58 Å². The quantitative estimate of drug-likeness (QED) is 0.338. The van der Waals surface area contributed by atoms with Crippen molar-refractivity contribution in [1.29, 1.82) is 0 Å². The van der Waals surface area contributed by atoms with Gasteiger partial charge in [-0.05, 0) is 11.6 Å². The third kappa shape index (κ3) is 4.39. The normalized spacial score (nSPS) is 11.4. The van der Waals surface area contributed by atoms with E-state index in [2.05, 4.69) is 6.58 Å². The summed E-state index contributed by atoms with van der Waals surface area (Å²) in [7, 11) is 0. The van der Waals surface area contributed by atoms with E-state index < -0.39 is 5.97 Å². The highest BCUT2D eigenvalue weighted by Gasteiger charge is 2.20. The molecule has 0 fully saturated rings. The van der Waals surface area contributed by atoms with Gasteiger partial charge in [0.15, 0.2) is 5.78 Å². The lowest BCUT2D eigenvalue weighted by molar-refractivity contribution is 0.0492. The van der Waals surface area contributed by atoms with Gasteiger partial charge in [0.25, 0.3) is 0 Å². The van der Waals surface area contributed by atoms with E-state index in [0.717, 1.165) is 5.56 Å². The molecule has 1 atom stereocenters. The van der Waals surface area contributed by atoms with E-state index in [0.29, 0.717) is 11.1 Å². The molecule has 3 rings (SSSR count). The average Bonchev–Trinajstić information content (AvgIpc) is 2.75. The predicted octanol–water partition coefficient (Wildman–Crippen LogP) is 5.04. The Labute approximate surface area is 158 Å². The Morgan fingerprint density at radius 1 is 0.815 bits per heavy atom. The highest BCUT2D eigenvalue weighted by molar-refractivity contribution is 6.14. The lowest BCUT2D eigenvalue weighted by Crippen LogP contribution is -2.15. The van der Waals surface area contributed by atoms with Crippen LogP contribution < -0.4 is 0 Å². The summed E-state index contributed by atoms with van der Waals surface area (Å²) >= 11 is 0. The van der Waals surface area contributed by atoms with Crippen LogP contribution in [0.1, 0.15) is 37.8 Å². The Kier molecular flexibility index (Phi) is 5.95. The van der Waals surface area contributed by atoms with E-state index in [9.17, 15) is 9.59 Å². The van der Waals surface area contributed by atoms with E-state index in [1.807, 2.05) is 36.4 Å². The molecule has 0 spiro atoms. The monoisotopic (exact) mass is 356 g/mol. The number of carbonyl (C=O) groups excluding carboxylic acids is 2. The summed E-state index contributed by atoms with van der Waals surface area (Å²) < 4.78 is 5.50. The van der Waals surface area contributed by atoms with Gasteiger partial charge in [0.2, 0.25) is 0 Å². The third-order valence-electron chi connectivity index (χ3n) is 4.33. The van der Waals surface area contributed by atoms with Crippen molar-refractivity contribution in [3.8, 4) is 0 Å². The van der Waals surface area contributed by atoms with Gasteiger partial charge in [-0.25, -0.2) is 4.79 Å². The molecule has 3 heteroatoms. The summed E-state index contributed by atoms with van der Waals surface area (Å²) in [4.78, 5) is 25.4. The minimum Gasteiger partial charge on any atom is -0.461 e. The van der Waals surface area contributed by atoms with Crippen molar-refractivity contribution in [2.24, 2.45) is 0 Å². The number of carbonyl (C=O) groups is 2. The van der Waals surface area contributed by atoms with Gasteiger partial charge in [-0.2, -0.15) is 0 Å². The van der Waals surface area contributed by atoms with Crippen molar-refractivity contribution in [1.82, 2.24) is 0 Å². The van der Waals surface area contributed by atoms with E-state index in [1.54, 1.807) is 54.6 Å². The summed E-state index contributed by atoms with van der Waals surface area (Å²) in [6.45, 7) is 3.99. The Morgan fingerprint density at radius 2 is 1.37 bits per heavy atom. The first kappa shape index (κ1) is 18.3. The van der Waals surface area contributed by atoms with Gasteiger partial charge >= 0.3 is 5.97 Å². The number of hydrogen-bond acceptors (Lipinski definition) is 3. The van der Waals surface area contributed by atoms with E-state index in [-0.39, 0.29) is 23.9 Å². The van der Waals surface area contributed by atoms with Crippen LogP contribution in [0.15, 0.2) is 97.6 Å². The first-order chi connectivity index (χ1) is 13.2. The molecule has 0 radical (unpaired) electrons. The molecular formula is C24H20O3. The van der Waals surface area contributed by atoms with Crippen molar-refractivity contribution < 1.29 is 14.3 Å². The Bertz CT molecular complexity index is 930. The molecule has 0 saturated carbocycles. The van der Waals surface area contributed by atoms with Gasteiger partial charge in [0.05, 0.1) is 5.56 Å². The van der Waals surface area contributed by atoms with Crippen LogP contribution in [0, 0.1) is 0 Å². The SMILES string of the molecule is C=CC(COC(=O)c1ccccc1C(=O)c1ccccc1)c1ccccc1. The molecule has 3 aromatic carbocycles. The molecule has 0 saturated heterocycles. The lowest BCUT2D eigenvalue weighted by Gasteiger charge is -2.14. The molecule has 0 amide bonds. The van der Waals surface area contributed by atoms with Crippen molar-refractivity contribution >= 4 is 11.8 Å². The molecule has 0 aromatic heterocycles. The Balaban J connectivity index is 1.78. The smallest absolute Gasteiger partial charge is 0.338 e. The molecule has 0 heterocycles. The standard InChI is InChI=1S/C24H20O3/c1-2-18(19-11-5-3-6-12-19)17-27-24(26)22-16-10-9-15-21(22)23(25)20-13-7-4-8-14-20/h2-16,18H,1,17H2. The number of hydrogen-bond donors (Lipinski definition) is 0. The highest BCUT2D eigenvalue weighted by Crippen LogP contribution is 2.20. The lowest BCUT2D eigenvalue weighted by atomic mass is 9.98. The summed E-state index contributed by atoms with van der Waals surface area (Å²) in [5.74, 6) is -0.823. The topological polar surface area (TPSA) is 43.4 Å². The van der Waals surface area contributed by atoms with Gasteiger partial charge in [-0.3, -0.25) is 4.79 Å². The average molecular weight is 356 g/mol. The maximum absolute atomic E-state index is 12.8. The molecule has 3 nitrogen and oxygen atoms in total. The van der Waals surface area contributed by atoms with Gasteiger partial charge in [-0.1, -0.05) is 84.9 Å². The Morgan fingerprint density at radius 3 is 2.00 bits per heavy atom. The van der Waals surface area contributed by atoms with Crippen LogP contribution in [-0.2, 0) is 4.74 Å². The van der Waals surface area contributed by atoms with Crippen LogP contribution in [0.3, 0.4) is 0 Å². The predicted molar refractivity (Wildman–Crippen MR) is 106 cm³/mol. The molecule has 0 aliphatic heterocycles. The van der Waals surface area contributed by atoms with Gasteiger partial charge in [0.1, 0.15) is 6.61 Å². The van der Waals surface area contributed by atoms with E-state index >= 15 is 0 Å². The third-order valence-corrected chi connectivity index (χ3v) is 4.33. The van der Waals surface area contributed by atoms with Crippen molar-refractivity contribution in [3.63, 3.8) is 0 Å². The van der Waals surface area contributed by atoms with E-state index in [4.69, 9.17) is 4.74 Å². The second kappa shape index (κ2) is 8.77. The highest BCUT2D eigenvalue weighted by atomic mass is 16.5.